The summed E-state index contributed by atoms with van der Waals surface area (Å²) in [5, 5.41) is 8.60. The van der Waals surface area contributed by atoms with Crippen molar-refractivity contribution in [2.45, 2.75) is 40.0 Å². The lowest BCUT2D eigenvalue weighted by molar-refractivity contribution is 0.0977. The van der Waals surface area contributed by atoms with E-state index >= 15 is 0 Å². The van der Waals surface area contributed by atoms with Gasteiger partial charge in [0, 0.05) is 20.8 Å². The van der Waals surface area contributed by atoms with Crippen molar-refractivity contribution in [1.29, 1.82) is 0 Å². The predicted molar refractivity (Wildman–Crippen MR) is 140 cm³/mol. The standard InChI is InChI=1S/C25H26ClN3O2S2/c1-25(2,3)13-10-11-17-19(12-13)33-23(20(17)21(27)30)29-24(32)28-22(31)16-8-4-7-15-14(16)6-5-9-18(15)26/h4-9,13H,10-12H2,1-3H3,(H2,27,30)(H2,28,29,31,32)/t13-/m0/s1. The quantitative estimate of drug-likeness (QED) is 0.390. The summed E-state index contributed by atoms with van der Waals surface area (Å²) in [7, 11) is 0. The van der Waals surface area contributed by atoms with Crippen molar-refractivity contribution in [3.05, 3.63) is 63.0 Å². The largest absolute Gasteiger partial charge is 0.365 e. The lowest BCUT2D eigenvalue weighted by Crippen LogP contribution is -2.34. The molecule has 172 valence electrons. The maximum Gasteiger partial charge on any atom is 0.258 e. The summed E-state index contributed by atoms with van der Waals surface area (Å²) >= 11 is 13.2. The maximum atomic E-state index is 13.0. The number of rotatable bonds is 3. The molecule has 1 atom stereocenters. The fraction of sp³-hybridized carbons (Fsp3) is 0.320. The van der Waals surface area contributed by atoms with Gasteiger partial charge in [-0.2, -0.15) is 0 Å². The molecule has 1 aliphatic carbocycles. The number of benzene rings is 2. The highest BCUT2D eigenvalue weighted by atomic mass is 35.5. The molecule has 0 spiro atoms. The van der Waals surface area contributed by atoms with Gasteiger partial charge >= 0.3 is 0 Å². The van der Waals surface area contributed by atoms with E-state index in [-0.39, 0.29) is 16.4 Å². The van der Waals surface area contributed by atoms with Gasteiger partial charge in [-0.1, -0.05) is 56.6 Å². The van der Waals surface area contributed by atoms with Crippen molar-refractivity contribution in [3.63, 3.8) is 0 Å². The number of amides is 2. The third-order valence-corrected chi connectivity index (χ3v) is 8.01. The number of carbonyl (C=O) groups is 2. The summed E-state index contributed by atoms with van der Waals surface area (Å²) < 4.78 is 0. The minimum absolute atomic E-state index is 0.118. The molecule has 4 rings (SSSR count). The topological polar surface area (TPSA) is 84.2 Å². The lowest BCUT2D eigenvalue weighted by Gasteiger charge is -2.33. The van der Waals surface area contributed by atoms with Crippen LogP contribution in [0.25, 0.3) is 10.8 Å². The first-order valence-corrected chi connectivity index (χ1v) is 12.4. The van der Waals surface area contributed by atoms with Gasteiger partial charge in [-0.15, -0.1) is 11.3 Å². The van der Waals surface area contributed by atoms with Crippen LogP contribution >= 0.6 is 35.2 Å². The first kappa shape index (κ1) is 23.7. The Hall–Kier alpha value is -2.48. The molecule has 2 aromatic carbocycles. The smallest absolute Gasteiger partial charge is 0.258 e. The van der Waals surface area contributed by atoms with Gasteiger partial charge in [0.2, 0.25) is 0 Å². The van der Waals surface area contributed by atoms with E-state index in [0.717, 1.165) is 40.5 Å². The van der Waals surface area contributed by atoms with E-state index in [9.17, 15) is 9.59 Å². The summed E-state index contributed by atoms with van der Waals surface area (Å²) in [6.07, 6.45) is 2.72. The SMILES string of the molecule is CC(C)(C)[C@H]1CCc2c(sc(NC(=S)NC(=O)c3cccc4c(Cl)cccc34)c2C(N)=O)C1. The van der Waals surface area contributed by atoms with E-state index in [1.54, 1.807) is 24.3 Å². The lowest BCUT2D eigenvalue weighted by atomic mass is 9.72. The molecule has 0 saturated carbocycles. The van der Waals surface area contributed by atoms with Crippen molar-refractivity contribution < 1.29 is 9.59 Å². The van der Waals surface area contributed by atoms with Crippen LogP contribution in [0.4, 0.5) is 5.00 Å². The number of halogens is 1. The Morgan fingerprint density at radius 3 is 2.55 bits per heavy atom. The van der Waals surface area contributed by atoms with Gasteiger partial charge in [0.05, 0.1) is 5.56 Å². The molecule has 5 nitrogen and oxygen atoms in total. The van der Waals surface area contributed by atoms with Crippen LogP contribution in [-0.2, 0) is 12.8 Å². The Balaban J connectivity index is 1.56. The molecule has 0 unspecified atom stereocenters. The number of thiocarbonyl (C=S) groups is 1. The van der Waals surface area contributed by atoms with E-state index in [1.807, 2.05) is 12.1 Å². The molecule has 33 heavy (non-hydrogen) atoms. The van der Waals surface area contributed by atoms with Gasteiger partial charge in [-0.25, -0.2) is 0 Å². The maximum absolute atomic E-state index is 13.0. The fourth-order valence-corrected chi connectivity index (χ4v) is 6.28. The normalized spacial score (nSPS) is 15.7. The number of carbonyl (C=O) groups excluding carboxylic acids is 2. The Labute approximate surface area is 207 Å². The summed E-state index contributed by atoms with van der Waals surface area (Å²) in [4.78, 5) is 26.4. The molecule has 1 aromatic heterocycles. The van der Waals surface area contributed by atoms with Gasteiger partial charge < -0.3 is 11.1 Å². The molecule has 8 heteroatoms. The minimum atomic E-state index is -0.484. The van der Waals surface area contributed by atoms with E-state index < -0.39 is 5.91 Å². The second-order valence-corrected chi connectivity index (χ2v) is 11.3. The van der Waals surface area contributed by atoms with Crippen molar-refractivity contribution in [1.82, 2.24) is 5.32 Å². The molecule has 0 aliphatic heterocycles. The monoisotopic (exact) mass is 499 g/mol. The average Bonchev–Trinajstić information content (AvgIpc) is 3.10. The van der Waals surface area contributed by atoms with Crippen LogP contribution in [0, 0.1) is 11.3 Å². The van der Waals surface area contributed by atoms with Crippen LogP contribution in [0.3, 0.4) is 0 Å². The molecule has 1 heterocycles. The Morgan fingerprint density at radius 1 is 1.15 bits per heavy atom. The van der Waals surface area contributed by atoms with Gasteiger partial charge in [-0.05, 0) is 65.9 Å². The first-order valence-electron chi connectivity index (χ1n) is 10.8. The zero-order valence-corrected chi connectivity index (χ0v) is 21.1. The van der Waals surface area contributed by atoms with Crippen molar-refractivity contribution >= 4 is 67.9 Å². The van der Waals surface area contributed by atoms with Crippen LogP contribution in [0.5, 0.6) is 0 Å². The van der Waals surface area contributed by atoms with Gasteiger partial charge in [-0.3, -0.25) is 14.9 Å². The van der Waals surface area contributed by atoms with E-state index in [4.69, 9.17) is 29.6 Å². The number of anilines is 1. The highest BCUT2D eigenvalue weighted by molar-refractivity contribution is 7.80. The summed E-state index contributed by atoms with van der Waals surface area (Å²) in [6, 6.07) is 10.8. The minimum Gasteiger partial charge on any atom is -0.365 e. The molecule has 0 fully saturated rings. The molecular weight excluding hydrogens is 474 g/mol. The number of nitrogens with two attached hydrogens (primary N) is 1. The first-order chi connectivity index (χ1) is 15.6. The number of nitrogens with one attached hydrogen (secondary N) is 2. The summed E-state index contributed by atoms with van der Waals surface area (Å²) in [6.45, 7) is 6.74. The number of fused-ring (bicyclic) bond motifs is 2. The van der Waals surface area contributed by atoms with E-state index in [0.29, 0.717) is 27.1 Å². The van der Waals surface area contributed by atoms with E-state index in [1.165, 1.54) is 11.3 Å². The predicted octanol–water partition coefficient (Wildman–Crippen LogP) is 5.93. The molecule has 2 amide bonds. The van der Waals surface area contributed by atoms with Gasteiger partial charge in [0.25, 0.3) is 11.8 Å². The third-order valence-electron chi connectivity index (χ3n) is 6.30. The van der Waals surface area contributed by atoms with Crippen LogP contribution < -0.4 is 16.4 Å². The molecule has 0 bridgehead atoms. The third kappa shape index (κ3) is 4.76. The van der Waals surface area contributed by atoms with Crippen LogP contribution in [0.2, 0.25) is 5.02 Å². The molecule has 1 aliphatic rings. The highest BCUT2D eigenvalue weighted by Crippen LogP contribution is 2.44. The molecule has 4 N–H and O–H groups in total. The zero-order chi connectivity index (χ0) is 23.9. The van der Waals surface area contributed by atoms with Crippen LogP contribution in [0.15, 0.2) is 36.4 Å². The van der Waals surface area contributed by atoms with Crippen LogP contribution in [0.1, 0.15) is 58.3 Å². The molecule has 0 radical (unpaired) electrons. The summed E-state index contributed by atoms with van der Waals surface area (Å²) in [5.41, 5.74) is 7.88. The number of hydrogen-bond donors (Lipinski definition) is 3. The number of primary amides is 1. The van der Waals surface area contributed by atoms with Gasteiger partial charge in [0.15, 0.2) is 5.11 Å². The average molecular weight is 500 g/mol. The Kier molecular flexibility index (Phi) is 6.49. The van der Waals surface area contributed by atoms with Crippen molar-refractivity contribution in [2.24, 2.45) is 17.1 Å². The number of hydrogen-bond acceptors (Lipinski definition) is 4. The molecular formula is C25H26ClN3O2S2. The molecule has 0 saturated heterocycles. The van der Waals surface area contributed by atoms with Gasteiger partial charge in [0.1, 0.15) is 5.00 Å². The van der Waals surface area contributed by atoms with E-state index in [2.05, 4.69) is 31.4 Å². The van der Waals surface area contributed by atoms with Crippen molar-refractivity contribution in [3.8, 4) is 0 Å². The summed E-state index contributed by atoms with van der Waals surface area (Å²) in [5.74, 6) is -0.306. The second-order valence-electron chi connectivity index (χ2n) is 9.43. The Bertz CT molecular complexity index is 1280. The molecule has 3 aromatic rings. The Morgan fingerprint density at radius 2 is 1.85 bits per heavy atom. The fourth-order valence-electron chi connectivity index (χ4n) is 4.45. The highest BCUT2D eigenvalue weighted by Gasteiger charge is 2.33. The zero-order valence-electron chi connectivity index (χ0n) is 18.8. The second kappa shape index (κ2) is 9.05. The van der Waals surface area contributed by atoms with Crippen molar-refractivity contribution in [2.75, 3.05) is 5.32 Å². The van der Waals surface area contributed by atoms with Crippen LogP contribution in [-0.4, -0.2) is 16.9 Å². The number of thiophene rings is 1.